The number of hydrogen-bond donors (Lipinski definition) is 2. The molecule has 0 amide bonds. The fraction of sp³-hybridized carbons (Fsp3) is 0.350. The number of carboxylic acid groups (broad SMARTS) is 1. The highest BCUT2D eigenvalue weighted by molar-refractivity contribution is 7.90. The van der Waals surface area contributed by atoms with Gasteiger partial charge in [-0.2, -0.15) is 4.98 Å². The number of carbonyl (C=O) groups is 1. The van der Waals surface area contributed by atoms with E-state index in [0.717, 1.165) is 3.97 Å². The maximum atomic E-state index is 13.4. The van der Waals surface area contributed by atoms with E-state index in [1.54, 1.807) is 25.1 Å². The van der Waals surface area contributed by atoms with Crippen molar-refractivity contribution < 1.29 is 18.3 Å². The van der Waals surface area contributed by atoms with E-state index in [9.17, 15) is 18.3 Å². The second-order valence-corrected chi connectivity index (χ2v) is 10.2. The minimum absolute atomic E-state index is 0.0703. The molecule has 3 rings (SSSR count). The molecule has 160 valence electrons. The van der Waals surface area contributed by atoms with Crippen LogP contribution in [-0.2, 0) is 14.8 Å². The third kappa shape index (κ3) is 4.27. The average Bonchev–Trinajstić information content (AvgIpc) is 3.05. The van der Waals surface area contributed by atoms with E-state index in [0.29, 0.717) is 11.1 Å². The molecule has 2 aromatic heterocycles. The first-order valence-corrected chi connectivity index (χ1v) is 11.1. The Morgan fingerprint density at radius 2 is 1.90 bits per heavy atom. The molecule has 8 nitrogen and oxygen atoms in total. The molecule has 0 radical (unpaired) electrons. The summed E-state index contributed by atoms with van der Waals surface area (Å²) in [6.45, 7) is 7.37. The average molecular weight is 451 g/mol. The lowest BCUT2D eigenvalue weighted by Crippen LogP contribution is -2.36. The molecule has 0 saturated heterocycles. The van der Waals surface area contributed by atoms with Crippen LogP contribution in [0.3, 0.4) is 0 Å². The number of hydrogen-bond acceptors (Lipinski definition) is 6. The molecule has 0 aliphatic heterocycles. The van der Waals surface area contributed by atoms with Crippen molar-refractivity contribution in [3.05, 3.63) is 47.4 Å². The van der Waals surface area contributed by atoms with E-state index in [2.05, 4.69) is 15.3 Å². The fourth-order valence-electron chi connectivity index (χ4n) is 3.16. The molecule has 1 aromatic carbocycles. The highest BCUT2D eigenvalue weighted by Gasteiger charge is 2.30. The summed E-state index contributed by atoms with van der Waals surface area (Å²) in [7, 11) is -3.95. The zero-order valence-electron chi connectivity index (χ0n) is 17.0. The van der Waals surface area contributed by atoms with Crippen molar-refractivity contribution in [2.45, 2.75) is 45.1 Å². The van der Waals surface area contributed by atoms with Crippen LogP contribution in [0.5, 0.6) is 0 Å². The summed E-state index contributed by atoms with van der Waals surface area (Å²) in [5.41, 5.74) is 0.691. The molecule has 0 spiro atoms. The van der Waals surface area contributed by atoms with Crippen molar-refractivity contribution in [3.63, 3.8) is 0 Å². The number of carboxylic acids is 1. The van der Waals surface area contributed by atoms with E-state index < -0.39 is 27.4 Å². The van der Waals surface area contributed by atoms with E-state index in [1.165, 1.54) is 18.3 Å². The predicted octanol–water partition coefficient (Wildman–Crippen LogP) is 3.93. The smallest absolute Gasteiger partial charge is 0.305 e. The number of aryl methyl sites for hydroxylation is 1. The van der Waals surface area contributed by atoms with Crippen molar-refractivity contribution in [1.82, 2.24) is 13.9 Å². The molecule has 1 unspecified atom stereocenters. The maximum Gasteiger partial charge on any atom is 0.305 e. The highest BCUT2D eigenvalue weighted by atomic mass is 35.5. The topological polar surface area (TPSA) is 114 Å². The maximum absolute atomic E-state index is 13.4. The molecule has 0 fully saturated rings. The zero-order valence-corrected chi connectivity index (χ0v) is 18.6. The first-order chi connectivity index (χ1) is 13.9. The van der Waals surface area contributed by atoms with Gasteiger partial charge in [0.1, 0.15) is 5.52 Å². The molecule has 30 heavy (non-hydrogen) atoms. The third-order valence-corrected chi connectivity index (χ3v) is 6.84. The first-order valence-electron chi connectivity index (χ1n) is 9.25. The Balaban J connectivity index is 2.21. The molecule has 10 heteroatoms. The molecule has 2 N–H and O–H groups in total. The Kier molecular flexibility index (Phi) is 5.79. The predicted molar refractivity (Wildman–Crippen MR) is 115 cm³/mol. The number of benzene rings is 1. The lowest BCUT2D eigenvalue weighted by molar-refractivity contribution is -0.137. The Hall–Kier alpha value is -2.65. The van der Waals surface area contributed by atoms with Crippen LogP contribution >= 0.6 is 11.6 Å². The number of nitrogens with zero attached hydrogens (tertiary/aromatic N) is 3. The molecular weight excluding hydrogens is 428 g/mol. The van der Waals surface area contributed by atoms with Crippen LogP contribution in [0.2, 0.25) is 5.28 Å². The van der Waals surface area contributed by atoms with Gasteiger partial charge in [0.05, 0.1) is 16.8 Å². The van der Waals surface area contributed by atoms with Gasteiger partial charge in [0.2, 0.25) is 5.28 Å². The normalized spacial score (nSPS) is 13.4. The molecule has 1 atom stereocenters. The van der Waals surface area contributed by atoms with Gasteiger partial charge in [0, 0.05) is 12.2 Å². The van der Waals surface area contributed by atoms with Gasteiger partial charge < -0.3 is 10.4 Å². The Morgan fingerprint density at radius 3 is 2.50 bits per heavy atom. The largest absolute Gasteiger partial charge is 0.481 e. The standard InChI is InChI=1S/C20H23ClN4O4S/c1-12-7-5-6-8-14(12)30(28,29)25-10-9-13-17(25)18(24-19(21)22-13)23-15(11-16(26)27)20(2,3)4/h5-10,15H,11H2,1-4H3,(H,26,27)(H,22,23,24). The van der Waals surface area contributed by atoms with Gasteiger partial charge >= 0.3 is 5.97 Å². The number of anilines is 1. The van der Waals surface area contributed by atoms with Crippen molar-refractivity contribution in [2.24, 2.45) is 5.41 Å². The number of aliphatic carboxylic acids is 1. The van der Waals surface area contributed by atoms with Crippen molar-refractivity contribution in [2.75, 3.05) is 5.32 Å². The van der Waals surface area contributed by atoms with E-state index in [4.69, 9.17) is 11.6 Å². The van der Waals surface area contributed by atoms with Gasteiger partial charge in [-0.15, -0.1) is 0 Å². The lowest BCUT2D eigenvalue weighted by Gasteiger charge is -2.31. The van der Waals surface area contributed by atoms with E-state index in [1.807, 2.05) is 20.8 Å². The van der Waals surface area contributed by atoms with Crippen molar-refractivity contribution in [3.8, 4) is 0 Å². The quantitative estimate of drug-likeness (QED) is 0.546. The monoisotopic (exact) mass is 450 g/mol. The fourth-order valence-corrected chi connectivity index (χ4v) is 4.91. The summed E-state index contributed by atoms with van der Waals surface area (Å²) in [5.74, 6) is -0.824. The summed E-state index contributed by atoms with van der Waals surface area (Å²) < 4.78 is 27.9. The number of halogens is 1. The molecule has 3 aromatic rings. The molecular formula is C20H23ClN4O4S. The lowest BCUT2D eigenvalue weighted by atomic mass is 9.85. The summed E-state index contributed by atoms with van der Waals surface area (Å²) in [4.78, 5) is 19.8. The number of fused-ring (bicyclic) bond motifs is 1. The van der Waals surface area contributed by atoms with Gasteiger partial charge in [-0.3, -0.25) is 4.79 Å². The summed E-state index contributed by atoms with van der Waals surface area (Å²) in [5, 5.41) is 12.3. The van der Waals surface area contributed by atoms with Crippen molar-refractivity contribution in [1.29, 1.82) is 0 Å². The molecule has 0 aliphatic rings. The van der Waals surface area contributed by atoms with Gasteiger partial charge in [-0.25, -0.2) is 17.4 Å². The second-order valence-electron chi connectivity index (χ2n) is 8.12. The number of rotatable bonds is 6. The second kappa shape index (κ2) is 7.88. The van der Waals surface area contributed by atoms with Crippen LogP contribution in [0.4, 0.5) is 5.82 Å². The SMILES string of the molecule is Cc1ccccc1S(=O)(=O)n1ccc2nc(Cl)nc(NC(CC(=O)O)C(C)(C)C)c21. The van der Waals surface area contributed by atoms with Crippen LogP contribution in [-0.4, -0.2) is 39.5 Å². The first kappa shape index (κ1) is 22.0. The molecule has 0 bridgehead atoms. The van der Waals surface area contributed by atoms with Crippen LogP contribution in [0.15, 0.2) is 41.4 Å². The van der Waals surface area contributed by atoms with Crippen molar-refractivity contribution >= 4 is 44.4 Å². The van der Waals surface area contributed by atoms with Crippen LogP contribution in [0.1, 0.15) is 32.8 Å². The zero-order chi connectivity index (χ0) is 22.3. The molecule has 0 aliphatic carbocycles. The van der Waals surface area contributed by atoms with Gasteiger partial charge in [-0.05, 0) is 41.6 Å². The molecule has 0 saturated carbocycles. The summed E-state index contributed by atoms with van der Waals surface area (Å²) in [6.07, 6.45) is 1.21. The van der Waals surface area contributed by atoms with Gasteiger partial charge in [-0.1, -0.05) is 39.0 Å². The minimum atomic E-state index is -3.95. The van der Waals surface area contributed by atoms with E-state index in [-0.39, 0.29) is 27.9 Å². The Bertz CT molecular complexity index is 1220. The molecule has 2 heterocycles. The number of nitrogens with one attached hydrogen (secondary N) is 1. The Morgan fingerprint density at radius 1 is 1.23 bits per heavy atom. The van der Waals surface area contributed by atoms with Crippen LogP contribution < -0.4 is 5.32 Å². The van der Waals surface area contributed by atoms with Gasteiger partial charge in [0.15, 0.2) is 5.82 Å². The van der Waals surface area contributed by atoms with Crippen LogP contribution in [0.25, 0.3) is 11.0 Å². The van der Waals surface area contributed by atoms with Gasteiger partial charge in [0.25, 0.3) is 10.0 Å². The minimum Gasteiger partial charge on any atom is -0.481 e. The Labute approximate surface area is 180 Å². The summed E-state index contributed by atoms with van der Waals surface area (Å²) >= 11 is 6.06. The highest BCUT2D eigenvalue weighted by Crippen LogP contribution is 2.32. The van der Waals surface area contributed by atoms with E-state index >= 15 is 0 Å². The van der Waals surface area contributed by atoms with Crippen LogP contribution in [0, 0.1) is 12.3 Å². The number of aromatic nitrogens is 3. The third-order valence-electron chi connectivity index (χ3n) is 4.84. The summed E-state index contributed by atoms with van der Waals surface area (Å²) in [6, 6.07) is 7.66.